The third kappa shape index (κ3) is 10.00. The van der Waals surface area contributed by atoms with Gasteiger partial charge in [-0.15, -0.1) is 18.2 Å². The normalized spacial score (nSPS) is 12.7. The van der Waals surface area contributed by atoms with Crippen LogP contribution >= 0.6 is 11.8 Å². The van der Waals surface area contributed by atoms with Gasteiger partial charge in [0.2, 0.25) is 12.2 Å². The van der Waals surface area contributed by atoms with Crippen LogP contribution in [0, 0.1) is 25.5 Å². The maximum atomic E-state index is 14.2. The van der Waals surface area contributed by atoms with Crippen molar-refractivity contribution in [1.29, 1.82) is 0 Å². The van der Waals surface area contributed by atoms with E-state index in [1.54, 1.807) is 30.5 Å². The summed E-state index contributed by atoms with van der Waals surface area (Å²) in [4.78, 5) is 11.6. The van der Waals surface area contributed by atoms with Crippen LogP contribution in [0.1, 0.15) is 27.8 Å². The predicted molar refractivity (Wildman–Crippen MR) is 168 cm³/mol. The average molecular weight is 640 g/mol. The number of nitrogens with one attached hydrogen (secondary N) is 2. The van der Waals surface area contributed by atoms with Gasteiger partial charge in [-0.25, -0.2) is 18.8 Å². The zero-order chi connectivity index (χ0) is 32.4. The number of nitrogens with zero attached hydrogens (tertiary/aromatic N) is 3. The number of aliphatic imine (C=N–C) groups is 2. The third-order valence-corrected chi connectivity index (χ3v) is 7.06. The van der Waals surface area contributed by atoms with Gasteiger partial charge in [-0.2, -0.15) is 5.10 Å². The Morgan fingerprint density at radius 2 is 1.53 bits per heavy atom. The van der Waals surface area contributed by atoms with Gasteiger partial charge in [0.25, 0.3) is 0 Å². The Bertz CT molecular complexity index is 1700. The standard InChI is InChI=1S/C32H27F5N6OS/c1-20-5-3-6-21(2)29(20)42-31(45-18-26-27(33)7-4-8-28(26)34)43-41-17-22-9-11-23(12-10-22)30(38)40-19-39-24-13-15-25(16-14-24)44-32(35,36)37/h3-17,19H,18H2,1-2H3,(H,42,43)(H2,38,39,40)/p+1/b41-17+. The molecule has 13 heteroatoms. The number of hydrogen-bond donors (Lipinski definition) is 3. The van der Waals surface area contributed by atoms with Crippen LogP contribution in [0.2, 0.25) is 0 Å². The Morgan fingerprint density at radius 1 is 0.911 bits per heavy atom. The molecule has 4 rings (SSSR count). The summed E-state index contributed by atoms with van der Waals surface area (Å²) in [6, 6.07) is 21.6. The van der Waals surface area contributed by atoms with Crippen molar-refractivity contribution in [2.75, 3.05) is 0 Å². The maximum Gasteiger partial charge on any atom is 0.573 e. The molecular weight excluding hydrogens is 611 g/mol. The predicted octanol–water partition coefficient (Wildman–Crippen LogP) is 6.17. The lowest BCUT2D eigenvalue weighted by molar-refractivity contribution is -0.303. The molecule has 0 saturated heterocycles. The second-order valence-electron chi connectivity index (χ2n) is 9.50. The van der Waals surface area contributed by atoms with E-state index in [4.69, 9.17) is 5.73 Å². The zero-order valence-corrected chi connectivity index (χ0v) is 24.9. The van der Waals surface area contributed by atoms with Crippen molar-refractivity contribution in [3.63, 3.8) is 0 Å². The highest BCUT2D eigenvalue weighted by molar-refractivity contribution is 8.13. The highest BCUT2D eigenvalue weighted by atomic mass is 32.2. The molecule has 0 bridgehead atoms. The fourth-order valence-corrected chi connectivity index (χ4v) is 4.72. The summed E-state index contributed by atoms with van der Waals surface area (Å²) >= 11 is 1.12. The Balaban J connectivity index is 1.42. The fraction of sp³-hybridized carbons (Fsp3) is 0.125. The summed E-state index contributed by atoms with van der Waals surface area (Å²) in [5, 5.41) is 4.63. The molecule has 0 fully saturated rings. The number of aryl methyl sites for hydroxylation is 2. The van der Waals surface area contributed by atoms with Gasteiger partial charge < -0.3 is 10.5 Å². The van der Waals surface area contributed by atoms with Crippen molar-refractivity contribution >= 4 is 46.7 Å². The molecule has 4 aromatic rings. The van der Waals surface area contributed by atoms with Gasteiger partial charge in [-0.05, 0) is 79.1 Å². The minimum atomic E-state index is -4.77. The molecule has 0 aliphatic heterocycles. The molecule has 0 aliphatic rings. The molecule has 0 radical (unpaired) electrons. The summed E-state index contributed by atoms with van der Waals surface area (Å²) in [6.07, 6.45) is -1.89. The van der Waals surface area contributed by atoms with Crippen LogP contribution in [-0.4, -0.2) is 29.9 Å². The SMILES string of the molecule is Cc1cccc(C)c1N=C(N/N=C/c1ccc(C(N)=[NH+]C=Nc2ccc(OC(F)(F)F)cc2)cc1)SCc1c(F)cccc1F. The van der Waals surface area contributed by atoms with Crippen LogP contribution in [0.3, 0.4) is 0 Å². The van der Waals surface area contributed by atoms with E-state index < -0.39 is 18.0 Å². The largest absolute Gasteiger partial charge is 0.573 e. The Kier molecular flexibility index (Phi) is 11.0. The molecule has 232 valence electrons. The first-order valence-electron chi connectivity index (χ1n) is 13.4. The van der Waals surface area contributed by atoms with Gasteiger partial charge in [0, 0.05) is 16.9 Å². The maximum absolute atomic E-state index is 14.2. The van der Waals surface area contributed by atoms with Crippen LogP contribution in [0.15, 0.2) is 100 Å². The van der Waals surface area contributed by atoms with Crippen molar-refractivity contribution in [2.45, 2.75) is 26.0 Å². The molecule has 0 heterocycles. The lowest BCUT2D eigenvalue weighted by Crippen LogP contribution is -2.74. The average Bonchev–Trinajstić information content (AvgIpc) is 2.99. The number of thioether (sulfide) groups is 1. The molecule has 0 aliphatic carbocycles. The molecule has 0 saturated carbocycles. The first kappa shape index (κ1) is 32.9. The first-order valence-corrected chi connectivity index (χ1v) is 14.3. The molecular formula is C32H28F5N6OS+. The van der Waals surface area contributed by atoms with E-state index in [-0.39, 0.29) is 22.9 Å². The second-order valence-corrected chi connectivity index (χ2v) is 10.5. The zero-order valence-electron chi connectivity index (χ0n) is 24.1. The molecule has 0 unspecified atom stereocenters. The fourth-order valence-electron chi connectivity index (χ4n) is 3.89. The molecule has 0 atom stereocenters. The number of rotatable bonds is 9. The number of nitrogen functional groups attached to an aromatic ring is 1. The lowest BCUT2D eigenvalue weighted by Gasteiger charge is -2.10. The molecule has 4 aromatic carbocycles. The highest BCUT2D eigenvalue weighted by Crippen LogP contribution is 2.27. The Labute approximate surface area is 260 Å². The number of ether oxygens (including phenoxy) is 1. The Hall–Kier alpha value is -5.04. The summed E-state index contributed by atoms with van der Waals surface area (Å²) in [6.45, 7) is 3.85. The van der Waals surface area contributed by atoms with E-state index >= 15 is 0 Å². The van der Waals surface area contributed by atoms with Crippen molar-refractivity contribution in [1.82, 2.24) is 5.43 Å². The molecule has 7 nitrogen and oxygen atoms in total. The quantitative estimate of drug-likeness (QED) is 0.0883. The van der Waals surface area contributed by atoms with Crippen LogP contribution in [0.5, 0.6) is 5.75 Å². The molecule has 0 amide bonds. The van der Waals surface area contributed by atoms with Crippen LogP contribution in [0.25, 0.3) is 0 Å². The number of halogens is 5. The van der Waals surface area contributed by atoms with E-state index in [0.29, 0.717) is 16.4 Å². The van der Waals surface area contributed by atoms with E-state index in [0.717, 1.165) is 46.3 Å². The summed E-state index contributed by atoms with van der Waals surface area (Å²) in [5.41, 5.74) is 13.3. The molecule has 0 spiro atoms. The lowest BCUT2D eigenvalue weighted by atomic mass is 10.1. The van der Waals surface area contributed by atoms with E-state index in [2.05, 4.69) is 30.2 Å². The third-order valence-electron chi connectivity index (χ3n) is 6.17. The van der Waals surface area contributed by atoms with E-state index in [1.807, 2.05) is 32.0 Å². The van der Waals surface area contributed by atoms with Gasteiger partial charge >= 0.3 is 6.36 Å². The first-order chi connectivity index (χ1) is 21.5. The number of amidine groups is 2. The topological polar surface area (TPSA) is 98.3 Å². The smallest absolute Gasteiger partial charge is 0.406 e. The number of hydrazone groups is 1. The van der Waals surface area contributed by atoms with Crippen LogP contribution in [0.4, 0.5) is 33.3 Å². The minimum Gasteiger partial charge on any atom is -0.406 e. The van der Waals surface area contributed by atoms with Crippen molar-refractivity contribution in [3.8, 4) is 5.75 Å². The van der Waals surface area contributed by atoms with Crippen molar-refractivity contribution in [3.05, 3.63) is 124 Å². The van der Waals surface area contributed by atoms with Crippen molar-refractivity contribution < 1.29 is 31.7 Å². The second kappa shape index (κ2) is 15.1. The van der Waals surface area contributed by atoms with Gasteiger partial charge in [0.15, 0.2) is 5.17 Å². The summed E-state index contributed by atoms with van der Waals surface area (Å²) in [5.74, 6) is -1.33. The monoisotopic (exact) mass is 639 g/mol. The van der Waals surface area contributed by atoms with Gasteiger partial charge in [-0.1, -0.05) is 48.2 Å². The summed E-state index contributed by atoms with van der Waals surface area (Å²) in [7, 11) is 0. The molecule has 4 N–H and O–H groups in total. The molecule has 45 heavy (non-hydrogen) atoms. The molecule has 0 aromatic heterocycles. The Morgan fingerprint density at radius 3 is 2.16 bits per heavy atom. The van der Waals surface area contributed by atoms with Crippen molar-refractivity contribution in [2.24, 2.45) is 20.8 Å². The van der Waals surface area contributed by atoms with Gasteiger partial charge in [0.05, 0.1) is 11.9 Å². The van der Waals surface area contributed by atoms with Gasteiger partial charge in [-0.3, -0.25) is 5.43 Å². The summed E-state index contributed by atoms with van der Waals surface area (Å²) < 4.78 is 69.2. The van der Waals surface area contributed by atoms with E-state index in [9.17, 15) is 22.0 Å². The van der Waals surface area contributed by atoms with Crippen LogP contribution < -0.4 is 20.9 Å². The van der Waals surface area contributed by atoms with Gasteiger partial charge in [0.1, 0.15) is 23.1 Å². The number of benzene rings is 4. The minimum absolute atomic E-state index is 0.00266. The number of nitrogens with two attached hydrogens (primary N) is 1. The number of para-hydroxylation sites is 1. The van der Waals surface area contributed by atoms with Crippen LogP contribution in [-0.2, 0) is 5.75 Å². The number of hydrogen-bond acceptors (Lipinski definition) is 5. The van der Waals surface area contributed by atoms with E-state index in [1.165, 1.54) is 36.7 Å². The number of alkyl halides is 3. The highest BCUT2D eigenvalue weighted by Gasteiger charge is 2.31.